The van der Waals surface area contributed by atoms with Crippen LogP contribution in [0.4, 0.5) is 0 Å². The van der Waals surface area contributed by atoms with E-state index >= 15 is 0 Å². The molecule has 0 unspecified atom stereocenters. The number of aryl methyl sites for hydroxylation is 2. The van der Waals surface area contributed by atoms with Gasteiger partial charge in [0.25, 0.3) is 5.91 Å². The van der Waals surface area contributed by atoms with Gasteiger partial charge in [-0.05, 0) is 36.2 Å². The second kappa shape index (κ2) is 6.46. The molecule has 0 saturated heterocycles. The molecular weight excluding hydrogens is 342 g/mol. The fourth-order valence-corrected chi connectivity index (χ4v) is 3.56. The molecule has 1 N–H and O–H groups in total. The standard InChI is InChI=1S/C21H19N3O3/c25-21(16-6-7-18-19(10-16)27-13-26-18)22-11-14-3-1-4-15(9-14)17-12-24-8-2-5-20(24)23-17/h1,3-4,6-7,9-10,12H,2,5,8,11,13H2,(H,22,25). The van der Waals surface area contributed by atoms with E-state index in [0.29, 0.717) is 23.6 Å². The van der Waals surface area contributed by atoms with Crippen molar-refractivity contribution in [3.8, 4) is 22.8 Å². The molecule has 5 rings (SSSR count). The number of rotatable bonds is 4. The fourth-order valence-electron chi connectivity index (χ4n) is 3.56. The molecule has 0 aliphatic carbocycles. The van der Waals surface area contributed by atoms with Crippen LogP contribution in [0, 0.1) is 0 Å². The number of carbonyl (C=O) groups is 1. The lowest BCUT2D eigenvalue weighted by Crippen LogP contribution is -2.22. The van der Waals surface area contributed by atoms with Crippen molar-refractivity contribution in [2.24, 2.45) is 0 Å². The number of carbonyl (C=O) groups excluding carboxylic acids is 1. The van der Waals surface area contributed by atoms with Gasteiger partial charge in [0.05, 0.1) is 5.69 Å². The number of fused-ring (bicyclic) bond motifs is 2. The normalized spacial score (nSPS) is 14.2. The zero-order valence-electron chi connectivity index (χ0n) is 14.8. The Morgan fingerprint density at radius 2 is 2.07 bits per heavy atom. The minimum Gasteiger partial charge on any atom is -0.454 e. The molecule has 0 saturated carbocycles. The van der Waals surface area contributed by atoms with Crippen molar-refractivity contribution in [1.82, 2.24) is 14.9 Å². The van der Waals surface area contributed by atoms with E-state index in [1.807, 2.05) is 12.1 Å². The van der Waals surface area contributed by atoms with Crippen molar-refractivity contribution in [3.05, 3.63) is 65.6 Å². The summed E-state index contributed by atoms with van der Waals surface area (Å²) in [5, 5.41) is 2.96. The van der Waals surface area contributed by atoms with Gasteiger partial charge in [0, 0.05) is 36.8 Å². The highest BCUT2D eigenvalue weighted by Crippen LogP contribution is 2.32. The molecule has 0 radical (unpaired) electrons. The van der Waals surface area contributed by atoms with Gasteiger partial charge in [-0.1, -0.05) is 18.2 Å². The molecule has 3 heterocycles. The van der Waals surface area contributed by atoms with E-state index in [-0.39, 0.29) is 12.7 Å². The van der Waals surface area contributed by atoms with Crippen molar-refractivity contribution < 1.29 is 14.3 Å². The summed E-state index contributed by atoms with van der Waals surface area (Å²) in [5.41, 5.74) is 3.66. The molecule has 136 valence electrons. The Hall–Kier alpha value is -3.28. The first-order valence-corrected chi connectivity index (χ1v) is 9.09. The summed E-state index contributed by atoms with van der Waals surface area (Å²) < 4.78 is 12.8. The van der Waals surface area contributed by atoms with Gasteiger partial charge in [0.2, 0.25) is 6.79 Å². The summed E-state index contributed by atoms with van der Waals surface area (Å²) in [6.45, 7) is 1.70. The van der Waals surface area contributed by atoms with Gasteiger partial charge in [-0.25, -0.2) is 4.98 Å². The Morgan fingerprint density at radius 1 is 1.15 bits per heavy atom. The molecule has 27 heavy (non-hydrogen) atoms. The smallest absolute Gasteiger partial charge is 0.251 e. The van der Waals surface area contributed by atoms with Crippen molar-refractivity contribution in [3.63, 3.8) is 0 Å². The number of hydrogen-bond acceptors (Lipinski definition) is 4. The van der Waals surface area contributed by atoms with E-state index in [2.05, 4.69) is 28.2 Å². The fraction of sp³-hybridized carbons (Fsp3) is 0.238. The number of nitrogens with zero attached hydrogens (tertiary/aromatic N) is 2. The van der Waals surface area contributed by atoms with Gasteiger partial charge in [0.1, 0.15) is 5.82 Å². The first-order chi connectivity index (χ1) is 13.3. The molecular formula is C21H19N3O3. The Bertz CT molecular complexity index is 1000. The summed E-state index contributed by atoms with van der Waals surface area (Å²) in [6.07, 6.45) is 4.34. The third kappa shape index (κ3) is 3.03. The molecule has 1 amide bonds. The Balaban J connectivity index is 1.29. The van der Waals surface area contributed by atoms with E-state index < -0.39 is 0 Å². The third-order valence-electron chi connectivity index (χ3n) is 4.97. The highest BCUT2D eigenvalue weighted by atomic mass is 16.7. The van der Waals surface area contributed by atoms with E-state index in [0.717, 1.165) is 35.6 Å². The second-order valence-corrected chi connectivity index (χ2v) is 6.79. The largest absolute Gasteiger partial charge is 0.454 e. The molecule has 6 heteroatoms. The second-order valence-electron chi connectivity index (χ2n) is 6.79. The lowest BCUT2D eigenvalue weighted by atomic mass is 10.1. The van der Waals surface area contributed by atoms with Gasteiger partial charge in [-0.15, -0.1) is 0 Å². The van der Waals surface area contributed by atoms with E-state index in [9.17, 15) is 4.79 Å². The average molecular weight is 361 g/mol. The molecule has 0 spiro atoms. The van der Waals surface area contributed by atoms with Crippen LogP contribution in [0.25, 0.3) is 11.3 Å². The number of benzene rings is 2. The topological polar surface area (TPSA) is 65.4 Å². The van der Waals surface area contributed by atoms with Crippen LogP contribution in [0.2, 0.25) is 0 Å². The predicted molar refractivity (Wildman–Crippen MR) is 99.7 cm³/mol. The predicted octanol–water partition coefficient (Wildman–Crippen LogP) is 3.16. The van der Waals surface area contributed by atoms with Crippen LogP contribution in [0.15, 0.2) is 48.7 Å². The Labute approximate surface area is 156 Å². The van der Waals surface area contributed by atoms with Crippen molar-refractivity contribution >= 4 is 5.91 Å². The number of hydrogen-bond donors (Lipinski definition) is 1. The maximum absolute atomic E-state index is 12.4. The van der Waals surface area contributed by atoms with Crippen molar-refractivity contribution in [2.75, 3.05) is 6.79 Å². The zero-order chi connectivity index (χ0) is 18.2. The van der Waals surface area contributed by atoms with Gasteiger partial charge in [-0.2, -0.15) is 0 Å². The highest BCUT2D eigenvalue weighted by molar-refractivity contribution is 5.94. The molecule has 0 bridgehead atoms. The van der Waals surface area contributed by atoms with Crippen LogP contribution < -0.4 is 14.8 Å². The van der Waals surface area contributed by atoms with Crippen LogP contribution in [-0.4, -0.2) is 22.3 Å². The van der Waals surface area contributed by atoms with E-state index in [1.165, 1.54) is 6.42 Å². The van der Waals surface area contributed by atoms with Gasteiger partial charge in [-0.3, -0.25) is 4.79 Å². The highest BCUT2D eigenvalue weighted by Gasteiger charge is 2.17. The first kappa shape index (κ1) is 15.9. The number of aromatic nitrogens is 2. The molecule has 2 aromatic carbocycles. The Morgan fingerprint density at radius 3 is 3.00 bits per heavy atom. The van der Waals surface area contributed by atoms with Crippen LogP contribution in [0.3, 0.4) is 0 Å². The van der Waals surface area contributed by atoms with Gasteiger partial charge in [0.15, 0.2) is 11.5 Å². The molecule has 6 nitrogen and oxygen atoms in total. The quantitative estimate of drug-likeness (QED) is 0.775. The summed E-state index contributed by atoms with van der Waals surface area (Å²) in [4.78, 5) is 17.2. The molecule has 3 aromatic rings. The van der Waals surface area contributed by atoms with Crippen molar-refractivity contribution in [1.29, 1.82) is 0 Å². The maximum Gasteiger partial charge on any atom is 0.251 e. The number of imidazole rings is 1. The molecule has 0 fully saturated rings. The minimum atomic E-state index is -0.139. The van der Waals surface area contributed by atoms with Crippen LogP contribution in [0.1, 0.15) is 28.2 Å². The number of nitrogens with one attached hydrogen (secondary N) is 1. The third-order valence-corrected chi connectivity index (χ3v) is 4.97. The lowest BCUT2D eigenvalue weighted by Gasteiger charge is -2.07. The van der Waals surface area contributed by atoms with Crippen molar-refractivity contribution in [2.45, 2.75) is 25.9 Å². The summed E-state index contributed by atoms with van der Waals surface area (Å²) in [7, 11) is 0. The Kier molecular flexibility index (Phi) is 3.81. The maximum atomic E-state index is 12.4. The van der Waals surface area contributed by atoms with Crippen LogP contribution in [-0.2, 0) is 19.5 Å². The first-order valence-electron chi connectivity index (χ1n) is 9.09. The van der Waals surface area contributed by atoms with E-state index in [4.69, 9.17) is 14.5 Å². The summed E-state index contributed by atoms with van der Waals surface area (Å²) >= 11 is 0. The number of ether oxygens (including phenoxy) is 2. The zero-order valence-corrected chi connectivity index (χ0v) is 14.8. The summed E-state index contributed by atoms with van der Waals surface area (Å²) in [5.74, 6) is 2.30. The molecule has 1 aromatic heterocycles. The monoisotopic (exact) mass is 361 g/mol. The van der Waals surface area contributed by atoms with E-state index in [1.54, 1.807) is 18.2 Å². The lowest BCUT2D eigenvalue weighted by molar-refractivity contribution is 0.0950. The molecule has 2 aliphatic rings. The average Bonchev–Trinajstić information content (AvgIpc) is 3.41. The molecule has 2 aliphatic heterocycles. The minimum absolute atomic E-state index is 0.139. The van der Waals surface area contributed by atoms with Crippen LogP contribution >= 0.6 is 0 Å². The van der Waals surface area contributed by atoms with Gasteiger partial charge >= 0.3 is 0 Å². The number of amides is 1. The summed E-state index contributed by atoms with van der Waals surface area (Å²) in [6, 6.07) is 13.4. The van der Waals surface area contributed by atoms with Gasteiger partial charge < -0.3 is 19.4 Å². The van der Waals surface area contributed by atoms with Crippen LogP contribution in [0.5, 0.6) is 11.5 Å². The molecule has 0 atom stereocenters. The SMILES string of the molecule is O=C(NCc1cccc(-c2cn3c(n2)CCC3)c1)c1ccc2c(c1)OCO2.